The van der Waals surface area contributed by atoms with Crippen molar-refractivity contribution in [2.75, 3.05) is 6.26 Å². The van der Waals surface area contributed by atoms with Crippen molar-refractivity contribution in [2.24, 2.45) is 0 Å². The number of hydrogen-bond donors (Lipinski definition) is 0. The van der Waals surface area contributed by atoms with Gasteiger partial charge >= 0.3 is 0 Å². The molecule has 0 aliphatic carbocycles. The zero-order chi connectivity index (χ0) is 11.4. The van der Waals surface area contributed by atoms with Gasteiger partial charge in [-0.1, -0.05) is 36.4 Å². The Morgan fingerprint density at radius 3 is 2.31 bits per heavy atom. The maximum Gasteiger partial charge on any atom is 0.150 e. The second-order valence-electron chi connectivity index (χ2n) is 3.43. The molecule has 0 spiro atoms. The highest BCUT2D eigenvalue weighted by atomic mass is 32.2. The Hall–Kier alpha value is -1.54. The number of thioether (sulfide) groups is 1. The van der Waals surface area contributed by atoms with Crippen molar-refractivity contribution in [3.8, 4) is 11.1 Å². The summed E-state index contributed by atoms with van der Waals surface area (Å²) in [5, 5.41) is 0. The number of aldehydes is 1. The quantitative estimate of drug-likeness (QED) is 0.585. The van der Waals surface area contributed by atoms with Gasteiger partial charge in [0, 0.05) is 10.5 Å². The third kappa shape index (κ3) is 2.17. The van der Waals surface area contributed by atoms with Gasteiger partial charge in [-0.15, -0.1) is 11.8 Å². The second kappa shape index (κ2) is 4.99. The Kier molecular flexibility index (Phi) is 3.42. The highest BCUT2D eigenvalue weighted by molar-refractivity contribution is 7.98. The Morgan fingerprint density at radius 2 is 1.69 bits per heavy atom. The molecule has 0 N–H and O–H groups in total. The first kappa shape index (κ1) is 11.0. The van der Waals surface area contributed by atoms with E-state index in [1.54, 1.807) is 11.8 Å². The molecule has 2 aromatic carbocycles. The molecule has 0 bridgehead atoms. The summed E-state index contributed by atoms with van der Waals surface area (Å²) >= 11 is 1.71. The summed E-state index contributed by atoms with van der Waals surface area (Å²) < 4.78 is 0. The van der Waals surface area contributed by atoms with Gasteiger partial charge < -0.3 is 0 Å². The van der Waals surface area contributed by atoms with E-state index in [9.17, 15) is 4.79 Å². The third-order valence-corrected chi connectivity index (χ3v) is 3.23. The molecule has 80 valence electrons. The minimum absolute atomic E-state index is 0.736. The predicted octanol–water partition coefficient (Wildman–Crippen LogP) is 3.89. The fraction of sp³-hybridized carbons (Fsp3) is 0.0714. The molecule has 2 heteroatoms. The molecule has 0 fully saturated rings. The van der Waals surface area contributed by atoms with E-state index in [0.717, 1.165) is 23.0 Å². The van der Waals surface area contributed by atoms with E-state index in [1.165, 1.54) is 4.90 Å². The van der Waals surface area contributed by atoms with E-state index in [1.807, 2.05) is 42.7 Å². The van der Waals surface area contributed by atoms with Crippen LogP contribution >= 0.6 is 11.8 Å². The van der Waals surface area contributed by atoms with Gasteiger partial charge in [-0.05, 0) is 29.5 Å². The summed E-state index contributed by atoms with van der Waals surface area (Å²) in [6.07, 6.45) is 2.95. The Labute approximate surface area is 99.5 Å². The van der Waals surface area contributed by atoms with Crippen molar-refractivity contribution in [1.29, 1.82) is 0 Å². The van der Waals surface area contributed by atoms with E-state index in [-0.39, 0.29) is 0 Å². The summed E-state index contributed by atoms with van der Waals surface area (Å²) in [7, 11) is 0. The number of carbonyl (C=O) groups excluding carboxylic acids is 1. The zero-order valence-electron chi connectivity index (χ0n) is 9.01. The van der Waals surface area contributed by atoms with Crippen LogP contribution in [0.4, 0.5) is 0 Å². The van der Waals surface area contributed by atoms with Crippen LogP contribution in [0.2, 0.25) is 0 Å². The number of benzene rings is 2. The lowest BCUT2D eigenvalue weighted by Crippen LogP contribution is -1.86. The van der Waals surface area contributed by atoms with Gasteiger partial charge in [-0.2, -0.15) is 0 Å². The van der Waals surface area contributed by atoms with E-state index in [2.05, 4.69) is 12.1 Å². The van der Waals surface area contributed by atoms with Crippen LogP contribution in [0.5, 0.6) is 0 Å². The lowest BCUT2D eigenvalue weighted by atomic mass is 10.0. The minimum atomic E-state index is 0.736. The van der Waals surface area contributed by atoms with Crippen molar-refractivity contribution in [2.45, 2.75) is 4.90 Å². The van der Waals surface area contributed by atoms with Gasteiger partial charge in [0.2, 0.25) is 0 Å². The molecule has 2 rings (SSSR count). The minimum Gasteiger partial charge on any atom is -0.298 e. The Morgan fingerprint density at radius 1 is 1.00 bits per heavy atom. The standard InChI is InChI=1S/C14H12OS/c1-16-13-8-6-11(7-9-13)14-5-3-2-4-12(14)10-15/h2-10H,1H3. The fourth-order valence-corrected chi connectivity index (χ4v) is 2.04. The second-order valence-corrected chi connectivity index (χ2v) is 4.31. The molecule has 0 heterocycles. The van der Waals surface area contributed by atoms with E-state index in [4.69, 9.17) is 0 Å². The monoisotopic (exact) mass is 228 g/mol. The van der Waals surface area contributed by atoms with E-state index in [0.29, 0.717) is 0 Å². The average Bonchev–Trinajstić information content (AvgIpc) is 2.39. The van der Waals surface area contributed by atoms with Gasteiger partial charge in [-0.25, -0.2) is 0 Å². The third-order valence-electron chi connectivity index (χ3n) is 2.49. The number of hydrogen-bond acceptors (Lipinski definition) is 2. The van der Waals surface area contributed by atoms with Crippen molar-refractivity contribution in [3.05, 3.63) is 54.1 Å². The molecule has 0 aliphatic rings. The van der Waals surface area contributed by atoms with Crippen molar-refractivity contribution in [1.82, 2.24) is 0 Å². The molecule has 0 atom stereocenters. The number of carbonyl (C=O) groups is 1. The molecule has 0 amide bonds. The zero-order valence-corrected chi connectivity index (χ0v) is 9.83. The molecule has 0 aliphatic heterocycles. The van der Waals surface area contributed by atoms with Crippen LogP contribution < -0.4 is 0 Å². The normalized spacial score (nSPS) is 10.1. The maximum atomic E-state index is 10.9. The summed E-state index contributed by atoms with van der Waals surface area (Å²) in [5.74, 6) is 0. The molecule has 0 saturated heterocycles. The molecule has 0 radical (unpaired) electrons. The van der Waals surface area contributed by atoms with Gasteiger partial charge in [0.1, 0.15) is 0 Å². The van der Waals surface area contributed by atoms with Crippen LogP contribution in [0, 0.1) is 0 Å². The average molecular weight is 228 g/mol. The first-order valence-electron chi connectivity index (χ1n) is 5.04. The topological polar surface area (TPSA) is 17.1 Å². The summed E-state index contributed by atoms with van der Waals surface area (Å²) in [4.78, 5) is 12.1. The molecule has 0 aromatic heterocycles. The molecule has 2 aromatic rings. The molecular formula is C14H12OS. The van der Waals surface area contributed by atoms with Crippen LogP contribution in [0.1, 0.15) is 10.4 Å². The molecule has 1 nitrogen and oxygen atoms in total. The summed E-state index contributed by atoms with van der Waals surface area (Å²) in [6.45, 7) is 0. The van der Waals surface area contributed by atoms with Gasteiger partial charge in [0.05, 0.1) is 0 Å². The lowest BCUT2D eigenvalue weighted by molar-refractivity contribution is 0.112. The highest BCUT2D eigenvalue weighted by Gasteiger charge is 2.02. The van der Waals surface area contributed by atoms with Crippen LogP contribution in [0.15, 0.2) is 53.4 Å². The van der Waals surface area contributed by atoms with Crippen molar-refractivity contribution in [3.63, 3.8) is 0 Å². The number of rotatable bonds is 3. The SMILES string of the molecule is CSc1ccc(-c2ccccc2C=O)cc1. The maximum absolute atomic E-state index is 10.9. The Balaban J connectivity index is 2.46. The summed E-state index contributed by atoms with van der Waals surface area (Å²) in [6, 6.07) is 15.9. The van der Waals surface area contributed by atoms with Gasteiger partial charge in [0.15, 0.2) is 6.29 Å². The smallest absolute Gasteiger partial charge is 0.150 e. The van der Waals surface area contributed by atoms with Crippen molar-refractivity contribution < 1.29 is 4.79 Å². The molecule has 0 saturated carbocycles. The van der Waals surface area contributed by atoms with Gasteiger partial charge in [0.25, 0.3) is 0 Å². The molecule has 16 heavy (non-hydrogen) atoms. The molecule has 0 unspecified atom stereocenters. The van der Waals surface area contributed by atoms with Crippen LogP contribution in [0.25, 0.3) is 11.1 Å². The lowest BCUT2D eigenvalue weighted by Gasteiger charge is -2.05. The van der Waals surface area contributed by atoms with E-state index >= 15 is 0 Å². The predicted molar refractivity (Wildman–Crippen MR) is 69.0 cm³/mol. The van der Waals surface area contributed by atoms with Crippen LogP contribution in [-0.4, -0.2) is 12.5 Å². The highest BCUT2D eigenvalue weighted by Crippen LogP contribution is 2.25. The summed E-state index contributed by atoms with van der Waals surface area (Å²) in [5.41, 5.74) is 2.81. The Bertz CT molecular complexity index is 488. The van der Waals surface area contributed by atoms with Crippen molar-refractivity contribution >= 4 is 18.0 Å². The first-order valence-corrected chi connectivity index (χ1v) is 6.26. The van der Waals surface area contributed by atoms with Crippen LogP contribution in [0.3, 0.4) is 0 Å². The first-order chi connectivity index (χ1) is 7.85. The van der Waals surface area contributed by atoms with Gasteiger partial charge in [-0.3, -0.25) is 4.79 Å². The van der Waals surface area contributed by atoms with E-state index < -0.39 is 0 Å². The largest absolute Gasteiger partial charge is 0.298 e. The fourth-order valence-electron chi connectivity index (χ4n) is 1.63. The molecular weight excluding hydrogens is 216 g/mol. The van der Waals surface area contributed by atoms with Crippen LogP contribution in [-0.2, 0) is 0 Å².